The Hall–Kier alpha value is -3.30. The van der Waals surface area contributed by atoms with Crippen LogP contribution < -0.4 is 21.3 Å². The van der Waals surface area contributed by atoms with Crippen molar-refractivity contribution in [3.05, 3.63) is 24.6 Å². The van der Waals surface area contributed by atoms with Crippen molar-refractivity contribution in [2.75, 3.05) is 21.3 Å². The van der Waals surface area contributed by atoms with E-state index in [0.29, 0.717) is 46.8 Å². The van der Waals surface area contributed by atoms with Crippen LogP contribution in [0.5, 0.6) is 0 Å². The highest BCUT2D eigenvalue weighted by atomic mass is 15.3. The third-order valence-electron chi connectivity index (χ3n) is 2.96. The van der Waals surface area contributed by atoms with E-state index in [2.05, 4.69) is 64.3 Å². The third-order valence-corrected chi connectivity index (χ3v) is 2.96. The van der Waals surface area contributed by atoms with Gasteiger partial charge in [0.05, 0.1) is 0 Å². The monoisotopic (exact) mass is 384 g/mol. The van der Waals surface area contributed by atoms with Crippen LogP contribution in [-0.4, -0.2) is 42.0 Å². The third kappa shape index (κ3) is 6.45. The molecule has 4 N–H and O–H groups in total. The Morgan fingerprint density at radius 1 is 0.607 bits per heavy atom. The van der Waals surface area contributed by atoms with E-state index in [1.54, 1.807) is 0 Å². The van der Waals surface area contributed by atoms with E-state index in [0.717, 1.165) is 0 Å². The first-order chi connectivity index (χ1) is 13.1. The molecule has 28 heavy (non-hydrogen) atoms. The largest absolute Gasteiger partial charge is 0.352 e. The molecule has 0 unspecified atom stereocenters. The highest BCUT2D eigenvalue weighted by Crippen LogP contribution is 2.19. The zero-order valence-corrected chi connectivity index (χ0v) is 17.3. The molecule has 0 aliphatic carbocycles. The SMILES string of the molecule is C=C(C)Nc1nc(NC(=C)C)nc(-c2nc(NC(C)C)nc(NC(C)C)n2)n1. The molecule has 0 spiro atoms. The van der Waals surface area contributed by atoms with Crippen molar-refractivity contribution in [1.82, 2.24) is 29.9 Å². The van der Waals surface area contributed by atoms with Crippen LogP contribution in [-0.2, 0) is 0 Å². The Labute approximate surface area is 165 Å². The molecule has 0 saturated heterocycles. The van der Waals surface area contributed by atoms with Gasteiger partial charge >= 0.3 is 0 Å². The molecule has 0 saturated carbocycles. The van der Waals surface area contributed by atoms with Crippen molar-refractivity contribution in [3.8, 4) is 11.6 Å². The fourth-order valence-electron chi connectivity index (χ4n) is 2.09. The summed E-state index contributed by atoms with van der Waals surface area (Å²) < 4.78 is 0. The molecule has 0 bridgehead atoms. The lowest BCUT2D eigenvalue weighted by atomic mass is 10.4. The molecule has 0 amide bonds. The van der Waals surface area contributed by atoms with Gasteiger partial charge < -0.3 is 21.3 Å². The maximum atomic E-state index is 4.47. The summed E-state index contributed by atoms with van der Waals surface area (Å²) in [7, 11) is 0. The number of hydrogen-bond donors (Lipinski definition) is 4. The summed E-state index contributed by atoms with van der Waals surface area (Å²) in [5.74, 6) is 2.15. The van der Waals surface area contributed by atoms with Crippen molar-refractivity contribution >= 4 is 23.8 Å². The molecule has 0 aromatic carbocycles. The van der Waals surface area contributed by atoms with Gasteiger partial charge in [-0.25, -0.2) is 0 Å². The summed E-state index contributed by atoms with van der Waals surface area (Å²) in [6.07, 6.45) is 0. The average molecular weight is 384 g/mol. The van der Waals surface area contributed by atoms with Crippen LogP contribution in [0.15, 0.2) is 24.6 Å². The van der Waals surface area contributed by atoms with Gasteiger partial charge in [-0.3, -0.25) is 0 Å². The fraction of sp³-hybridized carbons (Fsp3) is 0.444. The number of aromatic nitrogens is 6. The highest BCUT2D eigenvalue weighted by Gasteiger charge is 2.15. The first-order valence-electron chi connectivity index (χ1n) is 9.03. The summed E-state index contributed by atoms with van der Waals surface area (Å²) >= 11 is 0. The van der Waals surface area contributed by atoms with Gasteiger partial charge in [0.25, 0.3) is 0 Å². The topological polar surface area (TPSA) is 125 Å². The van der Waals surface area contributed by atoms with Crippen molar-refractivity contribution < 1.29 is 0 Å². The van der Waals surface area contributed by atoms with Crippen LogP contribution >= 0.6 is 0 Å². The molecule has 0 radical (unpaired) electrons. The maximum Gasteiger partial charge on any atom is 0.232 e. The molecule has 150 valence electrons. The second kappa shape index (κ2) is 9.07. The van der Waals surface area contributed by atoms with Gasteiger partial charge in [0.2, 0.25) is 35.4 Å². The van der Waals surface area contributed by atoms with Gasteiger partial charge in [-0.1, -0.05) is 13.2 Å². The van der Waals surface area contributed by atoms with Gasteiger partial charge in [0, 0.05) is 23.5 Å². The number of nitrogens with zero attached hydrogens (tertiary/aromatic N) is 6. The average Bonchev–Trinajstić information content (AvgIpc) is 2.51. The number of anilines is 4. The molecule has 10 nitrogen and oxygen atoms in total. The zero-order chi connectivity index (χ0) is 20.8. The molecular weight excluding hydrogens is 356 g/mol. The zero-order valence-electron chi connectivity index (χ0n) is 17.3. The minimum atomic E-state index is 0.154. The molecule has 2 heterocycles. The Morgan fingerprint density at radius 3 is 1.25 bits per heavy atom. The summed E-state index contributed by atoms with van der Waals surface area (Å²) in [5, 5.41) is 12.4. The molecule has 0 atom stereocenters. The second-order valence-electron chi connectivity index (χ2n) is 7.02. The van der Waals surface area contributed by atoms with Crippen LogP contribution in [0, 0.1) is 0 Å². The molecule has 2 rings (SSSR count). The first-order valence-corrected chi connectivity index (χ1v) is 9.03. The number of rotatable bonds is 9. The Kier molecular flexibility index (Phi) is 6.80. The summed E-state index contributed by atoms with van der Waals surface area (Å²) in [6, 6.07) is 0.309. The molecule has 2 aromatic heterocycles. The molecule has 2 aromatic rings. The predicted octanol–water partition coefficient (Wildman–Crippen LogP) is 3.26. The lowest BCUT2D eigenvalue weighted by Gasteiger charge is -2.14. The molecule has 10 heteroatoms. The van der Waals surface area contributed by atoms with Crippen LogP contribution in [0.25, 0.3) is 11.6 Å². The minimum Gasteiger partial charge on any atom is -0.352 e. The van der Waals surface area contributed by atoms with E-state index in [-0.39, 0.29) is 12.1 Å². The van der Waals surface area contributed by atoms with Gasteiger partial charge in [0.15, 0.2) is 0 Å². The van der Waals surface area contributed by atoms with E-state index < -0.39 is 0 Å². The standard InChI is InChI=1S/C18H28N10/c1-9(2)19-15-23-13(24-16(27-15)20-10(3)4)14-25-17(21-11(5)6)28-18(26-14)22-12(7)8/h11-12H,1,3H2,2,4-8H3,(H2,19,20,23,24,27)(H2,21,22,25,26,28). The summed E-state index contributed by atoms with van der Waals surface area (Å²) in [5.41, 5.74) is 1.39. The van der Waals surface area contributed by atoms with Crippen LogP contribution in [0.3, 0.4) is 0 Å². The lowest BCUT2D eigenvalue weighted by Crippen LogP contribution is -2.18. The number of nitrogens with one attached hydrogen (secondary N) is 4. The van der Waals surface area contributed by atoms with Crippen molar-refractivity contribution in [1.29, 1.82) is 0 Å². The van der Waals surface area contributed by atoms with Gasteiger partial charge in [-0.05, 0) is 41.5 Å². The normalized spacial score (nSPS) is 10.7. The Bertz CT molecular complexity index is 797. The smallest absolute Gasteiger partial charge is 0.232 e. The summed E-state index contributed by atoms with van der Waals surface area (Å²) in [4.78, 5) is 26.5. The van der Waals surface area contributed by atoms with Gasteiger partial charge in [0.1, 0.15) is 0 Å². The van der Waals surface area contributed by atoms with Crippen molar-refractivity contribution in [3.63, 3.8) is 0 Å². The van der Waals surface area contributed by atoms with Gasteiger partial charge in [-0.15, -0.1) is 0 Å². The molecule has 0 fully saturated rings. The Balaban J connectivity index is 2.56. The predicted molar refractivity (Wildman–Crippen MR) is 113 cm³/mol. The number of allylic oxidation sites excluding steroid dienone is 2. The first kappa shape index (κ1) is 21.0. The van der Waals surface area contributed by atoms with Crippen LogP contribution in [0.2, 0.25) is 0 Å². The lowest BCUT2D eigenvalue weighted by molar-refractivity contribution is 0.843. The molecular formula is C18H28N10. The van der Waals surface area contributed by atoms with Crippen LogP contribution in [0.1, 0.15) is 41.5 Å². The van der Waals surface area contributed by atoms with Crippen LogP contribution in [0.4, 0.5) is 23.8 Å². The second-order valence-corrected chi connectivity index (χ2v) is 7.02. The van der Waals surface area contributed by atoms with E-state index in [4.69, 9.17) is 0 Å². The van der Waals surface area contributed by atoms with E-state index in [1.807, 2.05) is 41.5 Å². The summed E-state index contributed by atoms with van der Waals surface area (Å²) in [6.45, 7) is 19.3. The Morgan fingerprint density at radius 2 is 0.929 bits per heavy atom. The number of hydrogen-bond acceptors (Lipinski definition) is 10. The van der Waals surface area contributed by atoms with E-state index in [9.17, 15) is 0 Å². The van der Waals surface area contributed by atoms with Gasteiger partial charge in [-0.2, -0.15) is 29.9 Å². The fourth-order valence-corrected chi connectivity index (χ4v) is 2.09. The van der Waals surface area contributed by atoms with Crippen molar-refractivity contribution in [2.24, 2.45) is 0 Å². The van der Waals surface area contributed by atoms with E-state index >= 15 is 0 Å². The minimum absolute atomic E-state index is 0.154. The maximum absolute atomic E-state index is 4.47. The molecule has 0 aliphatic rings. The highest BCUT2D eigenvalue weighted by molar-refractivity contribution is 5.55. The van der Waals surface area contributed by atoms with Crippen molar-refractivity contribution in [2.45, 2.75) is 53.6 Å². The quantitative estimate of drug-likeness (QED) is 0.512. The molecule has 0 aliphatic heterocycles. The van der Waals surface area contributed by atoms with E-state index in [1.165, 1.54) is 0 Å².